The van der Waals surface area contributed by atoms with Crippen LogP contribution < -0.4 is 55.3 Å². The first-order chi connectivity index (χ1) is 33.8. The van der Waals surface area contributed by atoms with E-state index in [0.717, 1.165) is 5.56 Å². The largest absolute Gasteiger partial charge is 0.508 e. The second-order valence-corrected chi connectivity index (χ2v) is 17.8. The smallest absolute Gasteiger partial charge is 0.326 e. The number of hydrogen-bond donors (Lipinski definition) is 13. The summed E-state index contributed by atoms with van der Waals surface area (Å²) in [5, 5.41) is 33.5. The number of H-pyrrole nitrogens is 1. The molecule has 0 unspecified atom stereocenters. The van der Waals surface area contributed by atoms with Gasteiger partial charge in [0.05, 0.1) is 12.4 Å². The van der Waals surface area contributed by atoms with Gasteiger partial charge in [0.2, 0.25) is 35.4 Å². The Balaban J connectivity index is 1.64. The number of carboxylic acids is 1. The molecular weight excluding hydrogens is 919 g/mol. The number of rotatable bonds is 28. The minimum atomic E-state index is -1.43. The first kappa shape index (κ1) is 55.8. The zero-order valence-corrected chi connectivity index (χ0v) is 40.1. The molecule has 1 aromatic heterocycles. The lowest BCUT2D eigenvalue weighted by molar-refractivity contribution is -0.149. The normalized spacial score (nSPS) is 15.7. The number of guanidine groups is 2. The van der Waals surface area contributed by atoms with Gasteiger partial charge in [-0.25, -0.2) is 9.78 Å². The summed E-state index contributed by atoms with van der Waals surface area (Å²) in [4.78, 5) is 113. The van der Waals surface area contributed by atoms with Crippen LogP contribution in [0.4, 0.5) is 0 Å². The lowest BCUT2D eigenvalue weighted by atomic mass is 10.0. The number of phenols is 1. The summed E-state index contributed by atoms with van der Waals surface area (Å²) in [6.07, 6.45) is 3.94. The van der Waals surface area contributed by atoms with Crippen molar-refractivity contribution in [3.63, 3.8) is 0 Å². The number of benzene rings is 2. The number of imidazole rings is 1. The number of hydrogen-bond acceptors (Lipinski definition) is 12. The van der Waals surface area contributed by atoms with Gasteiger partial charge in [-0.1, -0.05) is 56.3 Å². The monoisotopic (exact) mass is 988 g/mol. The van der Waals surface area contributed by atoms with Gasteiger partial charge in [-0.05, 0) is 80.5 Å². The van der Waals surface area contributed by atoms with E-state index in [4.69, 9.17) is 28.7 Å². The van der Waals surface area contributed by atoms with Crippen molar-refractivity contribution in [3.8, 4) is 5.75 Å². The Kier molecular flexibility index (Phi) is 22.0. The van der Waals surface area contributed by atoms with Gasteiger partial charge in [0.25, 0.3) is 0 Å². The SMILES string of the molecule is CC(C)C[C@H](NC(=O)[C@H](CCCN=C(N)N)NC(=O)[C@H](Cc1ccc(O)cc1)NC(=O)[C@H](CCCN=C(N)N)NC(=O)[C@H](Cc1cnc[nH]1)NC(=O)[C@@H](N)Cc1ccccc1)C(=O)N1CCC[C@H]1C(=O)O. The molecule has 1 aliphatic rings. The Bertz CT molecular complexity index is 2290. The van der Waals surface area contributed by atoms with Gasteiger partial charge >= 0.3 is 5.97 Å². The summed E-state index contributed by atoms with van der Waals surface area (Å²) in [6, 6.07) is 6.29. The number of carbonyl (C=O) groups is 7. The van der Waals surface area contributed by atoms with E-state index in [1.165, 1.54) is 41.7 Å². The number of nitrogens with zero attached hydrogens (tertiary/aromatic N) is 4. The molecule has 1 fully saturated rings. The Morgan fingerprint density at radius 1 is 0.704 bits per heavy atom. The molecular formula is C47H69N15O9. The topological polar surface area (TPSA) is 407 Å². The van der Waals surface area contributed by atoms with Gasteiger partial charge in [0.1, 0.15) is 42.0 Å². The molecule has 7 atom stereocenters. The average Bonchev–Trinajstić information content (AvgIpc) is 4.04. The van der Waals surface area contributed by atoms with E-state index in [1.807, 2.05) is 44.2 Å². The van der Waals surface area contributed by atoms with Crippen LogP contribution in [0.3, 0.4) is 0 Å². The molecule has 0 saturated carbocycles. The molecule has 24 heteroatoms. The minimum absolute atomic E-state index is 0.0415. The fourth-order valence-electron chi connectivity index (χ4n) is 7.96. The quantitative estimate of drug-likeness (QED) is 0.0215. The van der Waals surface area contributed by atoms with E-state index in [2.05, 4.69) is 46.5 Å². The van der Waals surface area contributed by atoms with Crippen molar-refractivity contribution in [1.29, 1.82) is 0 Å². The van der Waals surface area contributed by atoms with Crippen molar-refractivity contribution in [2.75, 3.05) is 19.6 Å². The molecule has 4 rings (SSSR count). The minimum Gasteiger partial charge on any atom is -0.508 e. The molecule has 0 aliphatic carbocycles. The van der Waals surface area contributed by atoms with Crippen molar-refractivity contribution in [2.45, 2.75) is 120 Å². The van der Waals surface area contributed by atoms with Crippen molar-refractivity contribution in [2.24, 2.45) is 44.6 Å². The third kappa shape index (κ3) is 18.9. The van der Waals surface area contributed by atoms with Crippen LogP contribution in [0.15, 0.2) is 77.1 Å². The van der Waals surface area contributed by atoms with Gasteiger partial charge in [0.15, 0.2) is 11.9 Å². The Hall–Kier alpha value is -7.76. The second kappa shape index (κ2) is 28.0. The van der Waals surface area contributed by atoms with Crippen LogP contribution in [0, 0.1) is 5.92 Å². The molecule has 6 amide bonds. The number of likely N-dealkylation sites (tertiary alicyclic amines) is 1. The maximum atomic E-state index is 14.5. The maximum Gasteiger partial charge on any atom is 0.326 e. The molecule has 3 aromatic rings. The number of aromatic nitrogens is 2. The van der Waals surface area contributed by atoms with Crippen molar-refractivity contribution in [3.05, 3.63) is 83.9 Å². The fourth-order valence-corrected chi connectivity index (χ4v) is 7.96. The highest BCUT2D eigenvalue weighted by Crippen LogP contribution is 2.21. The Labute approximate surface area is 411 Å². The van der Waals surface area contributed by atoms with Crippen molar-refractivity contribution in [1.82, 2.24) is 41.5 Å². The number of nitrogens with two attached hydrogens (primary N) is 5. The number of phenolic OH excluding ortho intramolecular Hbond substituents is 1. The molecule has 1 saturated heterocycles. The standard InChI is InChI=1S/C47H69N15O9/c1-27(2)21-37(44(69)62-20-8-13-38(62)45(70)71)61-41(66)34(12-7-19-55-47(51)52)57-42(67)35(23-29-14-16-31(63)17-15-29)60-40(65)33(11-6-18-54-46(49)50)58-43(68)36(24-30-25-53-26-56-30)59-39(64)32(48)22-28-9-4-3-5-10-28/h3-5,9-10,14-17,25-27,32-38,63H,6-8,11-13,18-24,48H2,1-2H3,(H,53,56)(H,57,67)(H,58,68)(H,59,64)(H,60,65)(H,61,66)(H,70,71)(H4,49,50,54)(H4,51,52,55)/t32-,33-,34-,35-,36-,37-,38-/m0/s1. The molecule has 2 heterocycles. The van der Waals surface area contributed by atoms with Crippen LogP contribution in [0.25, 0.3) is 0 Å². The second-order valence-electron chi connectivity index (χ2n) is 17.8. The number of amides is 6. The number of aromatic hydroxyl groups is 1. The van der Waals surface area contributed by atoms with E-state index >= 15 is 0 Å². The van der Waals surface area contributed by atoms with Crippen LogP contribution in [-0.4, -0.2) is 140 Å². The predicted octanol–water partition coefficient (Wildman–Crippen LogP) is -1.88. The van der Waals surface area contributed by atoms with E-state index in [-0.39, 0.29) is 101 Å². The third-order valence-corrected chi connectivity index (χ3v) is 11.6. The predicted molar refractivity (Wildman–Crippen MR) is 264 cm³/mol. The number of aromatic amines is 1. The number of aliphatic carboxylic acids is 1. The highest BCUT2D eigenvalue weighted by Gasteiger charge is 2.39. The lowest BCUT2D eigenvalue weighted by Crippen LogP contribution is -2.60. The van der Waals surface area contributed by atoms with E-state index in [1.54, 1.807) is 0 Å². The van der Waals surface area contributed by atoms with Crippen molar-refractivity contribution < 1.29 is 43.8 Å². The summed E-state index contributed by atoms with van der Waals surface area (Å²) < 4.78 is 0. The van der Waals surface area contributed by atoms with E-state index in [0.29, 0.717) is 17.7 Å². The third-order valence-electron chi connectivity index (χ3n) is 11.6. The molecule has 2 aromatic carbocycles. The van der Waals surface area contributed by atoms with Crippen LogP contribution >= 0.6 is 0 Å². The number of aliphatic imine (C=N–C) groups is 2. The first-order valence-electron chi connectivity index (χ1n) is 23.5. The zero-order valence-electron chi connectivity index (χ0n) is 40.1. The van der Waals surface area contributed by atoms with Gasteiger partial charge in [-0.2, -0.15) is 0 Å². The molecule has 0 bridgehead atoms. The van der Waals surface area contributed by atoms with E-state index < -0.39 is 83.7 Å². The van der Waals surface area contributed by atoms with Gasteiger partial charge in [-0.15, -0.1) is 0 Å². The highest BCUT2D eigenvalue weighted by molar-refractivity contribution is 5.97. The Morgan fingerprint density at radius 2 is 1.21 bits per heavy atom. The molecule has 0 spiro atoms. The first-order valence-corrected chi connectivity index (χ1v) is 23.5. The van der Waals surface area contributed by atoms with E-state index in [9.17, 15) is 43.8 Å². The van der Waals surface area contributed by atoms with Crippen LogP contribution in [0.5, 0.6) is 5.75 Å². The maximum absolute atomic E-state index is 14.5. The van der Waals surface area contributed by atoms with Crippen molar-refractivity contribution >= 4 is 53.3 Å². The molecule has 0 radical (unpaired) electrons. The highest BCUT2D eigenvalue weighted by atomic mass is 16.4. The van der Waals surface area contributed by atoms with Crippen LogP contribution in [0.2, 0.25) is 0 Å². The summed E-state index contributed by atoms with van der Waals surface area (Å²) in [5.74, 6) is -6.15. The van der Waals surface area contributed by atoms with Crippen LogP contribution in [0.1, 0.15) is 75.6 Å². The van der Waals surface area contributed by atoms with Gasteiger partial charge in [0, 0.05) is 44.4 Å². The lowest BCUT2D eigenvalue weighted by Gasteiger charge is -2.30. The molecule has 24 nitrogen and oxygen atoms in total. The number of carboxylic acid groups (broad SMARTS) is 1. The molecule has 1 aliphatic heterocycles. The molecule has 71 heavy (non-hydrogen) atoms. The number of carbonyl (C=O) groups excluding carboxylic acids is 6. The fraction of sp³-hybridized carbons (Fsp3) is 0.489. The summed E-state index contributed by atoms with van der Waals surface area (Å²) in [5.41, 5.74) is 30.2. The van der Waals surface area contributed by atoms with Crippen LogP contribution in [-0.2, 0) is 52.8 Å². The molecule has 18 N–H and O–H groups in total. The average molecular weight is 988 g/mol. The summed E-state index contributed by atoms with van der Waals surface area (Å²) >= 11 is 0. The van der Waals surface area contributed by atoms with Gasteiger partial charge in [-0.3, -0.25) is 38.8 Å². The zero-order chi connectivity index (χ0) is 52.0. The summed E-state index contributed by atoms with van der Waals surface area (Å²) in [6.45, 7) is 4.00. The molecule has 386 valence electrons. The number of nitrogens with one attached hydrogen (secondary N) is 6. The Morgan fingerprint density at radius 3 is 1.73 bits per heavy atom. The summed E-state index contributed by atoms with van der Waals surface area (Å²) in [7, 11) is 0. The van der Waals surface area contributed by atoms with Gasteiger partial charge < -0.3 is 75.3 Å².